The van der Waals surface area contributed by atoms with Gasteiger partial charge in [-0.3, -0.25) is 9.69 Å². The topological polar surface area (TPSA) is 66.9 Å². The zero-order valence-corrected chi connectivity index (χ0v) is 25.5. The van der Waals surface area contributed by atoms with Crippen LogP contribution in [0.15, 0.2) is 60.8 Å². The normalized spacial score (nSPS) is 11.6. The molecule has 1 N–H and O–H groups in total. The summed E-state index contributed by atoms with van der Waals surface area (Å²) in [6, 6.07) is 17.2. The van der Waals surface area contributed by atoms with Crippen LogP contribution in [0.4, 0.5) is 4.48 Å². The third kappa shape index (κ3) is 11.6. The number of halogens is 1. The van der Waals surface area contributed by atoms with E-state index in [1.165, 1.54) is 16.7 Å². The summed E-state index contributed by atoms with van der Waals surface area (Å²) in [4.78, 5) is 19.3. The van der Waals surface area contributed by atoms with Crippen LogP contribution < -0.4 is 15.0 Å². The lowest BCUT2D eigenvalue weighted by Gasteiger charge is -2.30. The molecular formula is C33H47FN4O3. The molecule has 0 radical (unpaired) electrons. The first-order chi connectivity index (χ1) is 19.8. The van der Waals surface area contributed by atoms with Crippen LogP contribution in [0.5, 0.6) is 17.4 Å². The van der Waals surface area contributed by atoms with Crippen molar-refractivity contribution in [3.05, 3.63) is 83.0 Å². The van der Waals surface area contributed by atoms with E-state index in [1.54, 1.807) is 23.9 Å². The number of aldehydes is 1. The molecule has 0 aliphatic heterocycles. The number of rotatable bonds is 16. The van der Waals surface area contributed by atoms with Gasteiger partial charge in [-0.05, 0) is 114 Å². The largest absolute Gasteiger partial charge is 0.493 e. The zero-order valence-electron chi connectivity index (χ0n) is 25.5. The number of ether oxygens (including phenoxy) is 2. The van der Waals surface area contributed by atoms with Gasteiger partial charge in [-0.1, -0.05) is 31.2 Å². The molecular weight excluding hydrogens is 519 g/mol. The van der Waals surface area contributed by atoms with Crippen molar-refractivity contribution >= 4 is 6.29 Å². The van der Waals surface area contributed by atoms with Crippen LogP contribution in [-0.4, -0.2) is 68.0 Å². The molecule has 1 atom stereocenters. The molecule has 1 heterocycles. The number of para-hydroxylation sites is 1. The summed E-state index contributed by atoms with van der Waals surface area (Å²) in [5.74, 6) is 1.99. The van der Waals surface area contributed by atoms with Gasteiger partial charge in [0.25, 0.3) is 0 Å². The van der Waals surface area contributed by atoms with Gasteiger partial charge < -0.3 is 14.4 Å². The van der Waals surface area contributed by atoms with Crippen LogP contribution in [0.25, 0.3) is 0 Å². The van der Waals surface area contributed by atoms with Crippen LogP contribution in [-0.2, 0) is 0 Å². The van der Waals surface area contributed by atoms with Gasteiger partial charge in [-0.25, -0.2) is 4.98 Å². The number of unbranched alkanes of at least 4 members (excludes halogenated alkanes) is 1. The van der Waals surface area contributed by atoms with Crippen molar-refractivity contribution < 1.29 is 18.7 Å². The Bertz CT molecular complexity index is 1160. The summed E-state index contributed by atoms with van der Waals surface area (Å²) in [7, 11) is 4.20. The second-order valence-corrected chi connectivity index (χ2v) is 10.2. The van der Waals surface area contributed by atoms with Gasteiger partial charge in [0, 0.05) is 25.3 Å². The van der Waals surface area contributed by atoms with Crippen LogP contribution >= 0.6 is 0 Å². The summed E-state index contributed by atoms with van der Waals surface area (Å²) in [5.41, 5.74) is 6.04. The molecule has 0 amide bonds. The van der Waals surface area contributed by atoms with Gasteiger partial charge in [-0.2, -0.15) is 5.54 Å². The molecule has 8 heteroatoms. The maximum absolute atomic E-state index is 12.1. The van der Waals surface area contributed by atoms with E-state index in [0.717, 1.165) is 57.5 Å². The minimum atomic E-state index is 0.312. The molecule has 7 nitrogen and oxygen atoms in total. The third-order valence-corrected chi connectivity index (χ3v) is 7.04. The number of hydrogen-bond acceptors (Lipinski definition) is 7. The summed E-state index contributed by atoms with van der Waals surface area (Å²) >= 11 is 0. The average molecular weight is 567 g/mol. The number of aromatic nitrogens is 1. The van der Waals surface area contributed by atoms with Crippen LogP contribution in [0.3, 0.4) is 0 Å². The molecule has 0 bridgehead atoms. The summed E-state index contributed by atoms with van der Waals surface area (Å²) < 4.78 is 23.6. The second kappa shape index (κ2) is 18.9. The lowest BCUT2D eigenvalue weighted by atomic mass is 9.96. The minimum absolute atomic E-state index is 0.312. The Morgan fingerprint density at radius 1 is 0.976 bits per heavy atom. The lowest BCUT2D eigenvalue weighted by molar-refractivity contribution is 0.112. The molecule has 3 aromatic rings. The highest BCUT2D eigenvalue weighted by Gasteiger charge is 2.18. The molecule has 41 heavy (non-hydrogen) atoms. The van der Waals surface area contributed by atoms with Crippen molar-refractivity contribution in [2.45, 2.75) is 53.0 Å². The minimum Gasteiger partial charge on any atom is -0.493 e. The van der Waals surface area contributed by atoms with Gasteiger partial charge in [0.05, 0.1) is 12.2 Å². The third-order valence-electron chi connectivity index (χ3n) is 7.04. The molecule has 0 saturated carbocycles. The van der Waals surface area contributed by atoms with E-state index in [4.69, 9.17) is 9.47 Å². The predicted molar refractivity (Wildman–Crippen MR) is 165 cm³/mol. The zero-order chi connectivity index (χ0) is 30.0. The van der Waals surface area contributed by atoms with E-state index < -0.39 is 0 Å². The molecule has 0 saturated heterocycles. The Balaban J connectivity index is 0.000000329. The van der Waals surface area contributed by atoms with E-state index in [-0.39, 0.29) is 0 Å². The fraction of sp³-hybridized carbons (Fsp3) is 0.455. The number of carbonyl (C=O) groups is 1. The number of nitrogens with one attached hydrogen (secondary N) is 1. The fourth-order valence-electron chi connectivity index (χ4n) is 4.49. The quantitative estimate of drug-likeness (QED) is 0.114. The number of benzene rings is 2. The fourth-order valence-corrected chi connectivity index (χ4v) is 4.49. The monoisotopic (exact) mass is 566 g/mol. The van der Waals surface area contributed by atoms with Crippen LogP contribution in [0, 0.1) is 13.8 Å². The molecule has 0 fully saturated rings. The standard InChI is InChI=1S/C21H38FN3O.C12H9NO2/c1-7-25(15-10-13-23-22)19(4)20-11-12-21(18(3)17(20)2)26-16-9-8-14-24(5)6;14-9-10-5-4-8-13-12(10)15-11-6-2-1-3-7-11/h11-12,19,23H,7-10,13-16H2,1-6H3;1-9H. The maximum Gasteiger partial charge on any atom is 0.229 e. The molecule has 1 unspecified atom stereocenters. The van der Waals surface area contributed by atoms with E-state index in [1.807, 2.05) is 30.3 Å². The van der Waals surface area contributed by atoms with Gasteiger partial charge in [0.1, 0.15) is 11.5 Å². The number of pyridine rings is 1. The predicted octanol–water partition coefficient (Wildman–Crippen LogP) is 6.96. The Morgan fingerprint density at radius 2 is 1.73 bits per heavy atom. The Morgan fingerprint density at radius 3 is 2.39 bits per heavy atom. The summed E-state index contributed by atoms with van der Waals surface area (Å²) in [6.07, 6.45) is 5.35. The SMILES string of the molecule is CCN(CCCNF)C(C)c1ccc(OCCCCN(C)C)c(C)c1C.O=Cc1cccnc1Oc1ccccc1. The van der Waals surface area contributed by atoms with E-state index in [9.17, 15) is 9.28 Å². The molecule has 224 valence electrons. The first-order valence-corrected chi connectivity index (χ1v) is 14.4. The van der Waals surface area contributed by atoms with Crippen molar-refractivity contribution in [2.75, 3.05) is 46.9 Å². The van der Waals surface area contributed by atoms with Crippen molar-refractivity contribution in [3.8, 4) is 17.4 Å². The number of carbonyl (C=O) groups excluding carboxylic acids is 1. The molecule has 3 rings (SSSR count). The highest BCUT2D eigenvalue weighted by molar-refractivity contribution is 5.78. The van der Waals surface area contributed by atoms with Gasteiger partial charge in [0.15, 0.2) is 6.29 Å². The molecule has 0 aliphatic carbocycles. The van der Waals surface area contributed by atoms with Crippen molar-refractivity contribution in [1.82, 2.24) is 20.3 Å². The number of nitrogens with zero attached hydrogens (tertiary/aromatic N) is 3. The Labute approximate surface area is 245 Å². The molecule has 0 spiro atoms. The van der Waals surface area contributed by atoms with Crippen molar-refractivity contribution in [1.29, 1.82) is 0 Å². The van der Waals surface area contributed by atoms with E-state index >= 15 is 0 Å². The van der Waals surface area contributed by atoms with E-state index in [0.29, 0.717) is 29.8 Å². The summed E-state index contributed by atoms with van der Waals surface area (Å²) in [5, 5.41) is 0. The van der Waals surface area contributed by atoms with Crippen molar-refractivity contribution in [2.24, 2.45) is 0 Å². The van der Waals surface area contributed by atoms with Crippen LogP contribution in [0.2, 0.25) is 0 Å². The van der Waals surface area contributed by atoms with E-state index in [2.05, 4.69) is 68.7 Å². The Kier molecular flexibility index (Phi) is 15.6. The lowest BCUT2D eigenvalue weighted by Crippen LogP contribution is -2.29. The maximum atomic E-state index is 12.1. The highest BCUT2D eigenvalue weighted by Crippen LogP contribution is 2.31. The van der Waals surface area contributed by atoms with Crippen molar-refractivity contribution in [3.63, 3.8) is 0 Å². The van der Waals surface area contributed by atoms with Gasteiger partial charge in [0.2, 0.25) is 5.88 Å². The first kappa shape index (κ1) is 33.9. The smallest absolute Gasteiger partial charge is 0.229 e. The van der Waals surface area contributed by atoms with Gasteiger partial charge >= 0.3 is 0 Å². The summed E-state index contributed by atoms with van der Waals surface area (Å²) in [6.45, 7) is 12.8. The van der Waals surface area contributed by atoms with Gasteiger partial charge in [-0.15, -0.1) is 4.48 Å². The average Bonchev–Trinajstić information content (AvgIpc) is 2.98. The second-order valence-electron chi connectivity index (χ2n) is 10.2. The molecule has 2 aromatic carbocycles. The van der Waals surface area contributed by atoms with Crippen LogP contribution in [0.1, 0.15) is 66.2 Å². The molecule has 1 aromatic heterocycles. The number of hydrogen-bond donors (Lipinski definition) is 1. The first-order valence-electron chi connectivity index (χ1n) is 14.4. The Hall–Kier alpha value is -3.33. The highest BCUT2D eigenvalue weighted by atomic mass is 19.2. The molecule has 0 aliphatic rings.